The van der Waals surface area contributed by atoms with E-state index in [0.29, 0.717) is 5.88 Å². The number of nitrogens with zero attached hydrogens (tertiary/aromatic N) is 1. The summed E-state index contributed by atoms with van der Waals surface area (Å²) in [6.07, 6.45) is 0.896. The lowest BCUT2D eigenvalue weighted by atomic mass is 10.1. The number of alkyl halides is 1. The van der Waals surface area contributed by atoms with E-state index in [9.17, 15) is 4.79 Å². The zero-order valence-corrected chi connectivity index (χ0v) is 9.92. The fraction of sp³-hybridized carbons (Fsp3) is 0.417. The largest absolute Gasteiger partial charge is 0.371 e. The van der Waals surface area contributed by atoms with E-state index in [-0.39, 0.29) is 0 Å². The summed E-state index contributed by atoms with van der Waals surface area (Å²) in [6.45, 7) is 5.71. The van der Waals surface area contributed by atoms with Gasteiger partial charge in [0.2, 0.25) is 0 Å². The van der Waals surface area contributed by atoms with Crippen molar-refractivity contribution in [2.45, 2.75) is 13.8 Å². The predicted octanol–water partition coefficient (Wildman–Crippen LogP) is 2.87. The molecule has 0 spiro atoms. The average Bonchev–Trinajstić information content (AvgIpc) is 2.27. The Labute approximate surface area is 95.8 Å². The molecule has 0 aliphatic rings. The first-order valence-electron chi connectivity index (χ1n) is 5.09. The van der Waals surface area contributed by atoms with Crippen LogP contribution in [0.5, 0.6) is 0 Å². The fourth-order valence-corrected chi connectivity index (χ4v) is 1.73. The van der Waals surface area contributed by atoms with Crippen LogP contribution in [0.1, 0.15) is 22.8 Å². The van der Waals surface area contributed by atoms with Crippen LogP contribution in [0, 0.1) is 6.92 Å². The molecular formula is C12H16ClNO. The van der Waals surface area contributed by atoms with Gasteiger partial charge < -0.3 is 4.90 Å². The van der Waals surface area contributed by atoms with Gasteiger partial charge in [-0.05, 0) is 31.5 Å². The maximum atomic E-state index is 10.8. The van der Waals surface area contributed by atoms with E-state index < -0.39 is 0 Å². The predicted molar refractivity (Wildman–Crippen MR) is 65.2 cm³/mol. The number of hydrogen-bond acceptors (Lipinski definition) is 2. The van der Waals surface area contributed by atoms with Gasteiger partial charge in [0.1, 0.15) is 6.29 Å². The van der Waals surface area contributed by atoms with Crippen LogP contribution in [0.4, 0.5) is 5.69 Å². The summed E-state index contributed by atoms with van der Waals surface area (Å²) in [6, 6.07) is 5.91. The molecule has 0 bridgehead atoms. The summed E-state index contributed by atoms with van der Waals surface area (Å²) in [5, 5.41) is 0. The van der Waals surface area contributed by atoms with Gasteiger partial charge in [-0.3, -0.25) is 4.79 Å². The highest BCUT2D eigenvalue weighted by Crippen LogP contribution is 2.18. The maximum Gasteiger partial charge on any atom is 0.150 e. The minimum absolute atomic E-state index is 0.595. The van der Waals surface area contributed by atoms with E-state index in [2.05, 4.69) is 11.8 Å². The molecule has 0 heterocycles. The number of carbonyl (C=O) groups excluding carboxylic acids is 1. The van der Waals surface area contributed by atoms with Crippen LogP contribution in [0.15, 0.2) is 18.2 Å². The Bertz CT molecular complexity index is 338. The van der Waals surface area contributed by atoms with E-state index >= 15 is 0 Å². The van der Waals surface area contributed by atoms with E-state index in [4.69, 9.17) is 11.6 Å². The molecule has 1 aromatic rings. The van der Waals surface area contributed by atoms with Gasteiger partial charge in [0.15, 0.2) is 0 Å². The molecular weight excluding hydrogens is 210 g/mol. The highest BCUT2D eigenvalue weighted by atomic mass is 35.5. The second-order valence-electron chi connectivity index (χ2n) is 3.43. The van der Waals surface area contributed by atoms with Crippen molar-refractivity contribution in [2.24, 2.45) is 0 Å². The number of hydrogen-bond donors (Lipinski definition) is 0. The maximum absolute atomic E-state index is 10.8. The molecule has 0 fully saturated rings. The van der Waals surface area contributed by atoms with Crippen LogP contribution >= 0.6 is 11.6 Å². The van der Waals surface area contributed by atoms with Crippen LogP contribution in [0.3, 0.4) is 0 Å². The molecule has 0 aliphatic carbocycles. The zero-order chi connectivity index (χ0) is 11.3. The van der Waals surface area contributed by atoms with Crippen molar-refractivity contribution in [3.63, 3.8) is 0 Å². The van der Waals surface area contributed by atoms with Crippen molar-refractivity contribution in [3.8, 4) is 0 Å². The summed E-state index contributed by atoms with van der Waals surface area (Å²) in [5.41, 5.74) is 2.82. The van der Waals surface area contributed by atoms with Gasteiger partial charge in [-0.1, -0.05) is 6.07 Å². The number of aryl methyl sites for hydroxylation is 1. The Morgan fingerprint density at radius 1 is 1.47 bits per heavy atom. The van der Waals surface area contributed by atoms with Crippen molar-refractivity contribution >= 4 is 23.6 Å². The highest BCUT2D eigenvalue weighted by molar-refractivity contribution is 6.18. The molecule has 0 unspecified atom stereocenters. The van der Waals surface area contributed by atoms with Crippen LogP contribution in [0.2, 0.25) is 0 Å². The van der Waals surface area contributed by atoms with Gasteiger partial charge in [0, 0.05) is 30.2 Å². The van der Waals surface area contributed by atoms with Crippen molar-refractivity contribution < 1.29 is 4.79 Å². The topological polar surface area (TPSA) is 20.3 Å². The Morgan fingerprint density at radius 3 is 2.73 bits per heavy atom. The molecule has 0 saturated carbocycles. The van der Waals surface area contributed by atoms with Gasteiger partial charge in [0.25, 0.3) is 0 Å². The van der Waals surface area contributed by atoms with Crippen molar-refractivity contribution in [2.75, 3.05) is 23.9 Å². The van der Waals surface area contributed by atoms with E-state index in [0.717, 1.165) is 36.2 Å². The minimum Gasteiger partial charge on any atom is -0.371 e. The third-order valence-electron chi connectivity index (χ3n) is 2.49. The number of aldehydes is 1. The second kappa shape index (κ2) is 5.76. The van der Waals surface area contributed by atoms with Gasteiger partial charge in [-0.15, -0.1) is 11.6 Å². The molecule has 1 rings (SSSR count). The Morgan fingerprint density at radius 2 is 2.20 bits per heavy atom. The first kappa shape index (κ1) is 12.1. The minimum atomic E-state index is 0.595. The Hall–Kier alpha value is -1.02. The Balaban J connectivity index is 2.97. The lowest BCUT2D eigenvalue weighted by Gasteiger charge is -2.22. The van der Waals surface area contributed by atoms with Crippen molar-refractivity contribution in [1.82, 2.24) is 0 Å². The first-order chi connectivity index (χ1) is 7.22. The molecule has 0 amide bonds. The third-order valence-corrected chi connectivity index (χ3v) is 2.66. The van der Waals surface area contributed by atoms with Crippen molar-refractivity contribution in [3.05, 3.63) is 29.3 Å². The molecule has 0 aromatic heterocycles. The van der Waals surface area contributed by atoms with Gasteiger partial charge in [-0.25, -0.2) is 0 Å². The molecule has 0 saturated heterocycles. The average molecular weight is 226 g/mol. The summed E-state index contributed by atoms with van der Waals surface area (Å²) < 4.78 is 0. The van der Waals surface area contributed by atoms with Gasteiger partial charge in [-0.2, -0.15) is 0 Å². The number of rotatable bonds is 5. The number of carbonyl (C=O) groups is 1. The SMILES string of the molecule is CCN(CCCl)c1ccc(C)c(C=O)c1. The molecule has 82 valence electrons. The molecule has 0 N–H and O–H groups in total. The molecule has 15 heavy (non-hydrogen) atoms. The van der Waals surface area contributed by atoms with Crippen LogP contribution < -0.4 is 4.90 Å². The van der Waals surface area contributed by atoms with Gasteiger partial charge >= 0.3 is 0 Å². The number of benzene rings is 1. The van der Waals surface area contributed by atoms with E-state index in [1.165, 1.54) is 0 Å². The lowest BCUT2D eigenvalue weighted by molar-refractivity contribution is 0.112. The highest BCUT2D eigenvalue weighted by Gasteiger charge is 2.05. The number of anilines is 1. The molecule has 3 heteroatoms. The zero-order valence-electron chi connectivity index (χ0n) is 9.16. The normalized spacial score (nSPS) is 10.1. The van der Waals surface area contributed by atoms with E-state index in [1.807, 2.05) is 25.1 Å². The van der Waals surface area contributed by atoms with Crippen LogP contribution in [-0.4, -0.2) is 25.3 Å². The smallest absolute Gasteiger partial charge is 0.150 e. The summed E-state index contributed by atoms with van der Waals surface area (Å²) in [4.78, 5) is 13.0. The monoisotopic (exact) mass is 225 g/mol. The van der Waals surface area contributed by atoms with Crippen molar-refractivity contribution in [1.29, 1.82) is 0 Å². The third kappa shape index (κ3) is 2.96. The molecule has 1 aromatic carbocycles. The Kier molecular flexibility index (Phi) is 4.63. The molecule has 0 aliphatic heterocycles. The lowest BCUT2D eigenvalue weighted by Crippen LogP contribution is -2.24. The standard InChI is InChI=1S/C12H16ClNO/c1-3-14(7-6-13)12-5-4-10(2)11(8-12)9-15/h4-5,8-9H,3,6-7H2,1-2H3. The second-order valence-corrected chi connectivity index (χ2v) is 3.81. The molecule has 2 nitrogen and oxygen atoms in total. The molecule has 0 radical (unpaired) electrons. The quantitative estimate of drug-likeness (QED) is 0.567. The van der Waals surface area contributed by atoms with Crippen LogP contribution in [-0.2, 0) is 0 Å². The summed E-state index contributed by atoms with van der Waals surface area (Å²) >= 11 is 5.72. The number of halogens is 1. The van der Waals surface area contributed by atoms with Gasteiger partial charge in [0.05, 0.1) is 0 Å². The summed E-state index contributed by atoms with van der Waals surface area (Å²) in [7, 11) is 0. The first-order valence-corrected chi connectivity index (χ1v) is 5.63. The van der Waals surface area contributed by atoms with E-state index in [1.54, 1.807) is 0 Å². The summed E-state index contributed by atoms with van der Waals surface area (Å²) in [5.74, 6) is 0.595. The fourth-order valence-electron chi connectivity index (χ4n) is 1.52. The molecule has 0 atom stereocenters. The van der Waals surface area contributed by atoms with Crippen LogP contribution in [0.25, 0.3) is 0 Å².